The van der Waals surface area contributed by atoms with Crippen LogP contribution in [-0.2, 0) is 20.2 Å². The van der Waals surface area contributed by atoms with E-state index in [-0.39, 0.29) is 27.0 Å². The minimum atomic E-state index is -4.57. The highest BCUT2D eigenvalue weighted by molar-refractivity contribution is 7.86. The van der Waals surface area contributed by atoms with E-state index in [2.05, 4.69) is 20.5 Å². The lowest BCUT2D eigenvalue weighted by Crippen LogP contribution is -1.98. The standard InChI is InChI=1S/C34H28N6O9S2/c1-48-30-15-18(5-11-27(30)37-39-33-24-8-7-22(50(42,43)44)13-20(24)3-9-25(33)35)19-6-12-28(31(16-19)49-2)38-40-34-26(36)10-4-21-14-23(51(45,46)47)17-29(41)32(21)34/h3-17,41H,35-36H2,1-2H3,(H,42,43,44)(H,45,46,47). The number of nitrogen functional groups attached to an aromatic ring is 2. The number of rotatable bonds is 9. The molecule has 260 valence electrons. The molecule has 0 fully saturated rings. The molecule has 7 N–H and O–H groups in total. The highest BCUT2D eigenvalue weighted by Gasteiger charge is 2.18. The Bertz CT molecular complexity index is 2660. The molecule has 0 heterocycles. The van der Waals surface area contributed by atoms with E-state index in [0.717, 1.165) is 17.2 Å². The van der Waals surface area contributed by atoms with Crippen molar-refractivity contribution >= 4 is 75.9 Å². The van der Waals surface area contributed by atoms with Gasteiger partial charge in [-0.3, -0.25) is 9.11 Å². The van der Waals surface area contributed by atoms with Crippen molar-refractivity contribution in [3.05, 3.63) is 91.0 Å². The second-order valence-electron chi connectivity index (χ2n) is 11.1. The number of phenolic OH excluding ortho intramolecular Hbond substituents is 1. The van der Waals surface area contributed by atoms with Crippen LogP contribution in [0.4, 0.5) is 34.1 Å². The second kappa shape index (κ2) is 13.3. The van der Waals surface area contributed by atoms with Gasteiger partial charge in [0.2, 0.25) is 0 Å². The number of nitrogens with two attached hydrogens (primary N) is 2. The summed E-state index contributed by atoms with van der Waals surface area (Å²) in [6.45, 7) is 0. The fourth-order valence-electron chi connectivity index (χ4n) is 5.34. The van der Waals surface area contributed by atoms with Crippen LogP contribution in [0.3, 0.4) is 0 Å². The van der Waals surface area contributed by atoms with Crippen molar-refractivity contribution in [2.45, 2.75) is 9.79 Å². The van der Waals surface area contributed by atoms with Crippen molar-refractivity contribution < 1.29 is 40.5 Å². The average Bonchev–Trinajstić information content (AvgIpc) is 3.09. The molecule has 0 aromatic heterocycles. The molecule has 0 unspecified atom stereocenters. The maximum absolute atomic E-state index is 11.6. The summed E-state index contributed by atoms with van der Waals surface area (Å²) < 4.78 is 76.5. The third-order valence-electron chi connectivity index (χ3n) is 7.87. The Morgan fingerprint density at radius 2 is 1.08 bits per heavy atom. The van der Waals surface area contributed by atoms with Crippen LogP contribution >= 0.6 is 0 Å². The lowest BCUT2D eigenvalue weighted by atomic mass is 10.0. The van der Waals surface area contributed by atoms with Crippen molar-refractivity contribution in [3.8, 4) is 28.4 Å². The Morgan fingerprint density at radius 1 is 0.569 bits per heavy atom. The van der Waals surface area contributed by atoms with Crippen molar-refractivity contribution in [3.63, 3.8) is 0 Å². The number of fused-ring (bicyclic) bond motifs is 2. The summed E-state index contributed by atoms with van der Waals surface area (Å²) in [5, 5.41) is 29.3. The van der Waals surface area contributed by atoms with Crippen LogP contribution in [-0.4, -0.2) is 45.3 Å². The Hall–Kier alpha value is -6.14. The van der Waals surface area contributed by atoms with Gasteiger partial charge in [0.1, 0.15) is 40.0 Å². The fraction of sp³-hybridized carbons (Fsp3) is 0.0588. The maximum atomic E-state index is 11.6. The summed E-state index contributed by atoms with van der Waals surface area (Å²) in [5.74, 6) is 0.268. The van der Waals surface area contributed by atoms with E-state index in [0.29, 0.717) is 45.0 Å². The molecule has 0 aliphatic carbocycles. The van der Waals surface area contributed by atoms with E-state index in [1.165, 1.54) is 50.6 Å². The molecule has 0 atom stereocenters. The summed E-state index contributed by atoms with van der Waals surface area (Å²) in [5.41, 5.74) is 15.3. The van der Waals surface area contributed by atoms with Crippen LogP contribution in [0.25, 0.3) is 32.7 Å². The largest absolute Gasteiger partial charge is 0.507 e. The Balaban J connectivity index is 1.31. The van der Waals surface area contributed by atoms with Gasteiger partial charge in [0, 0.05) is 11.5 Å². The first kappa shape index (κ1) is 34.7. The third-order valence-corrected chi connectivity index (χ3v) is 9.55. The van der Waals surface area contributed by atoms with E-state index < -0.39 is 30.9 Å². The fourth-order valence-corrected chi connectivity index (χ4v) is 6.39. The van der Waals surface area contributed by atoms with Gasteiger partial charge in [-0.25, -0.2) is 0 Å². The molecule has 0 bridgehead atoms. The molecule has 0 spiro atoms. The van der Waals surface area contributed by atoms with E-state index in [1.54, 1.807) is 48.5 Å². The first-order valence-electron chi connectivity index (χ1n) is 14.7. The van der Waals surface area contributed by atoms with Gasteiger partial charge < -0.3 is 26.0 Å². The zero-order valence-electron chi connectivity index (χ0n) is 26.7. The average molecular weight is 729 g/mol. The number of aromatic hydroxyl groups is 1. The summed E-state index contributed by atoms with van der Waals surface area (Å²) in [7, 11) is -6.04. The summed E-state index contributed by atoms with van der Waals surface area (Å²) in [4.78, 5) is -0.750. The van der Waals surface area contributed by atoms with Crippen molar-refractivity contribution in [2.24, 2.45) is 20.5 Å². The molecular weight excluding hydrogens is 701 g/mol. The molecule has 0 aliphatic rings. The number of benzene rings is 6. The van der Waals surface area contributed by atoms with Crippen LogP contribution in [0.1, 0.15) is 0 Å². The molecule has 6 aromatic carbocycles. The SMILES string of the molecule is COc1cc(-c2ccc(N=Nc3c(N)ccc4cc(S(=O)(=O)O)cc(O)c34)c(OC)c2)ccc1N=Nc1c(N)ccc2cc(S(=O)(=O)O)ccc12. The molecule has 6 aromatic rings. The normalized spacial score (nSPS) is 12.3. The van der Waals surface area contributed by atoms with E-state index in [1.807, 2.05) is 0 Å². The minimum absolute atomic E-state index is 0.0839. The number of hydrogen-bond donors (Lipinski definition) is 5. The topological polar surface area (TPSA) is 249 Å². The van der Waals surface area contributed by atoms with E-state index in [9.17, 15) is 31.0 Å². The second-order valence-corrected chi connectivity index (χ2v) is 13.9. The number of anilines is 2. The van der Waals surface area contributed by atoms with Crippen LogP contribution < -0.4 is 20.9 Å². The van der Waals surface area contributed by atoms with Crippen LogP contribution in [0.5, 0.6) is 17.2 Å². The molecule has 17 heteroatoms. The predicted molar refractivity (Wildman–Crippen MR) is 191 cm³/mol. The Kier molecular flexibility index (Phi) is 9.05. The molecule has 15 nitrogen and oxygen atoms in total. The van der Waals surface area contributed by atoms with Crippen LogP contribution in [0.2, 0.25) is 0 Å². The highest BCUT2D eigenvalue weighted by atomic mass is 32.2. The number of nitrogens with zero attached hydrogens (tertiary/aromatic N) is 4. The molecule has 0 saturated carbocycles. The number of azo groups is 2. The minimum Gasteiger partial charge on any atom is -0.507 e. The van der Waals surface area contributed by atoms with Crippen molar-refractivity contribution in [2.75, 3.05) is 25.7 Å². The van der Waals surface area contributed by atoms with Gasteiger partial charge in [-0.1, -0.05) is 30.3 Å². The number of phenols is 1. The number of methoxy groups -OCH3 is 2. The molecule has 51 heavy (non-hydrogen) atoms. The van der Waals surface area contributed by atoms with Gasteiger partial charge >= 0.3 is 0 Å². The Labute approximate surface area is 291 Å². The van der Waals surface area contributed by atoms with Gasteiger partial charge in [-0.2, -0.15) is 16.8 Å². The van der Waals surface area contributed by atoms with Gasteiger partial charge in [-0.15, -0.1) is 20.5 Å². The zero-order valence-corrected chi connectivity index (χ0v) is 28.3. The smallest absolute Gasteiger partial charge is 0.294 e. The maximum Gasteiger partial charge on any atom is 0.294 e. The van der Waals surface area contributed by atoms with Crippen molar-refractivity contribution in [1.29, 1.82) is 0 Å². The molecule has 0 aliphatic heterocycles. The monoisotopic (exact) mass is 728 g/mol. The molecule has 0 saturated heterocycles. The summed E-state index contributed by atoms with van der Waals surface area (Å²) in [6.07, 6.45) is 0. The molecular formula is C34H28N6O9S2. The van der Waals surface area contributed by atoms with E-state index >= 15 is 0 Å². The third kappa shape index (κ3) is 6.99. The van der Waals surface area contributed by atoms with Gasteiger partial charge in [0.15, 0.2) is 0 Å². The molecule has 6 rings (SSSR count). The van der Waals surface area contributed by atoms with Gasteiger partial charge in [0.25, 0.3) is 20.2 Å². The summed E-state index contributed by atoms with van der Waals surface area (Å²) >= 11 is 0. The summed E-state index contributed by atoms with van der Waals surface area (Å²) in [6, 6.07) is 22.6. The quantitative estimate of drug-likeness (QED) is 0.0544. The van der Waals surface area contributed by atoms with Gasteiger partial charge in [-0.05, 0) is 76.5 Å². The van der Waals surface area contributed by atoms with Crippen LogP contribution in [0.15, 0.2) is 121 Å². The lowest BCUT2D eigenvalue weighted by molar-refractivity contribution is 0.415. The lowest BCUT2D eigenvalue weighted by Gasteiger charge is -2.11. The van der Waals surface area contributed by atoms with E-state index in [4.69, 9.17) is 20.9 Å². The van der Waals surface area contributed by atoms with Crippen molar-refractivity contribution in [1.82, 2.24) is 0 Å². The molecule has 0 amide bonds. The van der Waals surface area contributed by atoms with Gasteiger partial charge in [0.05, 0.1) is 40.8 Å². The number of ether oxygens (including phenoxy) is 2. The zero-order chi connectivity index (χ0) is 36.7. The predicted octanol–water partition coefficient (Wildman–Crippen LogP) is 7.87. The Morgan fingerprint density at radius 3 is 1.63 bits per heavy atom. The number of hydrogen-bond acceptors (Lipinski definition) is 13. The first-order chi connectivity index (χ1) is 24.2. The van der Waals surface area contributed by atoms with Crippen LogP contribution in [0, 0.1) is 0 Å². The first-order valence-corrected chi connectivity index (χ1v) is 17.6. The molecule has 0 radical (unpaired) electrons. The highest BCUT2D eigenvalue weighted by Crippen LogP contribution is 2.43.